The lowest BCUT2D eigenvalue weighted by atomic mass is 10.00. The quantitative estimate of drug-likeness (QED) is 0.760. The van der Waals surface area contributed by atoms with Crippen LogP contribution in [-0.2, 0) is 12.6 Å². The van der Waals surface area contributed by atoms with Crippen LogP contribution >= 0.6 is 0 Å². The van der Waals surface area contributed by atoms with Crippen LogP contribution in [0.15, 0.2) is 36.4 Å². The second-order valence-electron chi connectivity index (χ2n) is 4.74. The molecule has 1 aliphatic heterocycles. The number of fused-ring (bicyclic) bond motifs is 1. The van der Waals surface area contributed by atoms with Crippen LogP contribution in [-0.4, -0.2) is 6.54 Å². The molecule has 2 aromatic carbocycles. The van der Waals surface area contributed by atoms with E-state index in [0.717, 1.165) is 36.3 Å². The fourth-order valence-corrected chi connectivity index (χ4v) is 2.39. The number of rotatable bonds is 1. The highest BCUT2D eigenvalue weighted by atomic mass is 19.4. The number of hydrogen-bond acceptors (Lipinski definition) is 1. The van der Waals surface area contributed by atoms with Crippen LogP contribution in [0.25, 0.3) is 11.1 Å². The predicted molar refractivity (Wildman–Crippen MR) is 69.0 cm³/mol. The van der Waals surface area contributed by atoms with Crippen molar-refractivity contribution < 1.29 is 17.6 Å². The van der Waals surface area contributed by atoms with Crippen LogP contribution in [0, 0.1) is 5.82 Å². The fourth-order valence-electron chi connectivity index (χ4n) is 2.39. The number of hydrogen-bond donors (Lipinski definition) is 1. The standard InChI is InChI=1S/C15H11F4N/c16-13-4-3-10(7-12(13)15(17,18)19)11-2-1-9-5-6-20-14(9)8-11/h1-4,7-8,20H,5-6H2. The van der Waals surface area contributed by atoms with Gasteiger partial charge in [0.2, 0.25) is 0 Å². The van der Waals surface area contributed by atoms with Gasteiger partial charge in [0.05, 0.1) is 5.56 Å². The Bertz CT molecular complexity index is 661. The van der Waals surface area contributed by atoms with E-state index in [0.29, 0.717) is 11.1 Å². The zero-order valence-electron chi connectivity index (χ0n) is 10.4. The lowest BCUT2D eigenvalue weighted by Gasteiger charge is -2.11. The zero-order valence-corrected chi connectivity index (χ0v) is 10.4. The first kappa shape index (κ1) is 13.0. The van der Waals surface area contributed by atoms with E-state index in [4.69, 9.17) is 0 Å². The molecule has 0 aromatic heterocycles. The van der Waals surface area contributed by atoms with E-state index < -0.39 is 17.6 Å². The van der Waals surface area contributed by atoms with Gasteiger partial charge in [-0.2, -0.15) is 13.2 Å². The van der Waals surface area contributed by atoms with Crippen LogP contribution in [0.3, 0.4) is 0 Å². The third-order valence-electron chi connectivity index (χ3n) is 3.42. The summed E-state index contributed by atoms with van der Waals surface area (Å²) in [6.45, 7) is 0.829. The maximum atomic E-state index is 13.3. The zero-order chi connectivity index (χ0) is 14.3. The number of benzene rings is 2. The van der Waals surface area contributed by atoms with Crippen molar-refractivity contribution in [1.29, 1.82) is 0 Å². The molecule has 0 aliphatic carbocycles. The fraction of sp³-hybridized carbons (Fsp3) is 0.200. The normalized spacial score (nSPS) is 14.0. The number of alkyl halides is 3. The second kappa shape index (κ2) is 4.51. The summed E-state index contributed by atoms with van der Waals surface area (Å²) in [6.07, 6.45) is -3.78. The van der Waals surface area contributed by atoms with E-state index in [9.17, 15) is 17.6 Å². The molecule has 20 heavy (non-hydrogen) atoms. The predicted octanol–water partition coefficient (Wildman–Crippen LogP) is 4.48. The van der Waals surface area contributed by atoms with Crippen molar-refractivity contribution >= 4 is 5.69 Å². The molecule has 0 radical (unpaired) electrons. The van der Waals surface area contributed by atoms with Gasteiger partial charge in [0.1, 0.15) is 5.82 Å². The first-order chi connectivity index (χ1) is 9.45. The number of halogens is 4. The first-order valence-corrected chi connectivity index (χ1v) is 6.19. The molecule has 0 saturated heterocycles. The minimum absolute atomic E-state index is 0.357. The molecule has 1 N–H and O–H groups in total. The van der Waals surface area contributed by atoms with Gasteiger partial charge in [-0.1, -0.05) is 18.2 Å². The molecule has 3 rings (SSSR count). The highest BCUT2D eigenvalue weighted by Gasteiger charge is 2.34. The summed E-state index contributed by atoms with van der Waals surface area (Å²) < 4.78 is 51.4. The Balaban J connectivity index is 2.07. The first-order valence-electron chi connectivity index (χ1n) is 6.19. The number of anilines is 1. The molecule has 1 nitrogen and oxygen atoms in total. The Hall–Kier alpha value is -2.04. The van der Waals surface area contributed by atoms with Gasteiger partial charge in [-0.15, -0.1) is 0 Å². The Morgan fingerprint density at radius 2 is 1.65 bits per heavy atom. The minimum atomic E-state index is -4.69. The van der Waals surface area contributed by atoms with Crippen molar-refractivity contribution in [3.63, 3.8) is 0 Å². The average molecular weight is 281 g/mol. The van der Waals surface area contributed by atoms with Crippen molar-refractivity contribution in [1.82, 2.24) is 0 Å². The lowest BCUT2D eigenvalue weighted by molar-refractivity contribution is -0.139. The molecule has 1 heterocycles. The van der Waals surface area contributed by atoms with Crippen molar-refractivity contribution in [2.75, 3.05) is 11.9 Å². The van der Waals surface area contributed by atoms with Crippen LogP contribution in [0.5, 0.6) is 0 Å². The highest BCUT2D eigenvalue weighted by Crippen LogP contribution is 2.35. The van der Waals surface area contributed by atoms with E-state index in [2.05, 4.69) is 5.32 Å². The summed E-state index contributed by atoms with van der Waals surface area (Å²) in [6, 6.07) is 8.53. The monoisotopic (exact) mass is 281 g/mol. The maximum Gasteiger partial charge on any atom is 0.419 e. The Morgan fingerprint density at radius 3 is 2.40 bits per heavy atom. The summed E-state index contributed by atoms with van der Waals surface area (Å²) in [7, 11) is 0. The van der Waals surface area contributed by atoms with Gasteiger partial charge < -0.3 is 5.32 Å². The summed E-state index contributed by atoms with van der Waals surface area (Å²) in [5.41, 5.74) is 1.84. The second-order valence-corrected chi connectivity index (χ2v) is 4.74. The summed E-state index contributed by atoms with van der Waals surface area (Å²) in [5, 5.41) is 3.17. The molecule has 0 unspecified atom stereocenters. The molecule has 0 amide bonds. The largest absolute Gasteiger partial charge is 0.419 e. The van der Waals surface area contributed by atoms with E-state index in [1.807, 2.05) is 6.07 Å². The van der Waals surface area contributed by atoms with Gasteiger partial charge in [0.25, 0.3) is 0 Å². The molecule has 1 aliphatic rings. The van der Waals surface area contributed by atoms with E-state index >= 15 is 0 Å². The third-order valence-corrected chi connectivity index (χ3v) is 3.42. The van der Waals surface area contributed by atoms with Gasteiger partial charge in [-0.05, 0) is 41.3 Å². The van der Waals surface area contributed by atoms with E-state index in [-0.39, 0.29) is 0 Å². The molecule has 2 aromatic rings. The van der Waals surface area contributed by atoms with Gasteiger partial charge in [0.15, 0.2) is 0 Å². The van der Waals surface area contributed by atoms with Gasteiger partial charge >= 0.3 is 6.18 Å². The minimum Gasteiger partial charge on any atom is -0.384 e. The maximum absolute atomic E-state index is 13.3. The van der Waals surface area contributed by atoms with E-state index in [1.165, 1.54) is 6.07 Å². The Morgan fingerprint density at radius 1 is 0.950 bits per heavy atom. The van der Waals surface area contributed by atoms with Gasteiger partial charge in [0, 0.05) is 12.2 Å². The molecular formula is C15H11F4N. The molecule has 0 bridgehead atoms. The van der Waals surface area contributed by atoms with Crippen LogP contribution < -0.4 is 5.32 Å². The molecule has 0 fully saturated rings. The SMILES string of the molecule is Fc1ccc(-c2ccc3c(c2)NCC3)cc1C(F)(F)F. The Kier molecular flexibility index (Phi) is 2.92. The van der Waals surface area contributed by atoms with Gasteiger partial charge in [-0.3, -0.25) is 0 Å². The third kappa shape index (κ3) is 2.24. The average Bonchev–Trinajstić information content (AvgIpc) is 2.85. The molecule has 0 atom stereocenters. The summed E-state index contributed by atoms with van der Waals surface area (Å²) in [4.78, 5) is 0. The topological polar surface area (TPSA) is 12.0 Å². The summed E-state index contributed by atoms with van der Waals surface area (Å²) >= 11 is 0. The highest BCUT2D eigenvalue weighted by molar-refractivity contribution is 5.71. The van der Waals surface area contributed by atoms with E-state index in [1.54, 1.807) is 12.1 Å². The Labute approximate surface area is 113 Å². The number of nitrogens with one attached hydrogen (secondary N) is 1. The van der Waals surface area contributed by atoms with Crippen molar-refractivity contribution in [2.24, 2.45) is 0 Å². The van der Waals surface area contributed by atoms with Gasteiger partial charge in [-0.25, -0.2) is 4.39 Å². The van der Waals surface area contributed by atoms with Crippen LogP contribution in [0.1, 0.15) is 11.1 Å². The molecule has 5 heteroatoms. The molecule has 104 valence electrons. The summed E-state index contributed by atoms with van der Waals surface area (Å²) in [5.74, 6) is -1.25. The van der Waals surface area contributed by atoms with Crippen molar-refractivity contribution in [3.05, 3.63) is 53.3 Å². The molecule has 0 saturated carbocycles. The van der Waals surface area contributed by atoms with Crippen LogP contribution in [0.2, 0.25) is 0 Å². The molecular weight excluding hydrogens is 270 g/mol. The molecule has 0 spiro atoms. The lowest BCUT2D eigenvalue weighted by Crippen LogP contribution is -2.08. The van der Waals surface area contributed by atoms with Crippen molar-refractivity contribution in [3.8, 4) is 11.1 Å². The van der Waals surface area contributed by atoms with Crippen molar-refractivity contribution in [2.45, 2.75) is 12.6 Å². The smallest absolute Gasteiger partial charge is 0.384 e. The van der Waals surface area contributed by atoms with Crippen LogP contribution in [0.4, 0.5) is 23.2 Å².